The van der Waals surface area contributed by atoms with Crippen LogP contribution in [0.1, 0.15) is 12.5 Å². The maximum atomic E-state index is 8.98. The number of aliphatic hydroxyl groups excluding tert-OH is 1. The number of benzene rings is 1. The van der Waals surface area contributed by atoms with Gasteiger partial charge < -0.3 is 9.84 Å². The van der Waals surface area contributed by atoms with Gasteiger partial charge in [-0.25, -0.2) is 0 Å². The Balaban J connectivity index is 3.09. The van der Waals surface area contributed by atoms with Crippen molar-refractivity contribution >= 4 is 23.2 Å². The first-order chi connectivity index (χ1) is 6.19. The molecule has 0 aliphatic rings. The molecule has 13 heavy (non-hydrogen) atoms. The SMILES string of the molecule is CCOc1cc(Cl)c(Cl)cc1CO. The lowest BCUT2D eigenvalue weighted by molar-refractivity contribution is 0.267. The maximum absolute atomic E-state index is 8.98. The zero-order valence-corrected chi connectivity index (χ0v) is 8.69. The minimum absolute atomic E-state index is 0.105. The minimum Gasteiger partial charge on any atom is -0.493 e. The second-order valence-electron chi connectivity index (χ2n) is 2.47. The first-order valence-corrected chi connectivity index (χ1v) is 4.66. The van der Waals surface area contributed by atoms with Gasteiger partial charge in [0.1, 0.15) is 5.75 Å². The molecule has 1 rings (SSSR count). The summed E-state index contributed by atoms with van der Waals surface area (Å²) < 4.78 is 5.26. The van der Waals surface area contributed by atoms with Gasteiger partial charge in [0, 0.05) is 11.6 Å². The molecule has 1 aromatic carbocycles. The van der Waals surface area contributed by atoms with E-state index in [9.17, 15) is 0 Å². The van der Waals surface area contributed by atoms with Gasteiger partial charge in [-0.1, -0.05) is 23.2 Å². The van der Waals surface area contributed by atoms with E-state index in [0.717, 1.165) is 0 Å². The van der Waals surface area contributed by atoms with Crippen molar-refractivity contribution in [3.63, 3.8) is 0 Å². The van der Waals surface area contributed by atoms with Crippen LogP contribution < -0.4 is 4.74 Å². The third-order valence-electron chi connectivity index (χ3n) is 1.57. The molecular formula is C9H10Cl2O2. The highest BCUT2D eigenvalue weighted by Gasteiger charge is 2.07. The molecule has 0 fully saturated rings. The summed E-state index contributed by atoms with van der Waals surface area (Å²) in [6, 6.07) is 3.22. The first-order valence-electron chi connectivity index (χ1n) is 3.90. The molecule has 1 N–H and O–H groups in total. The van der Waals surface area contributed by atoms with Gasteiger partial charge >= 0.3 is 0 Å². The van der Waals surface area contributed by atoms with Crippen molar-refractivity contribution in [2.45, 2.75) is 13.5 Å². The highest BCUT2D eigenvalue weighted by atomic mass is 35.5. The number of halogens is 2. The molecule has 0 radical (unpaired) electrons. The van der Waals surface area contributed by atoms with Crippen molar-refractivity contribution in [2.24, 2.45) is 0 Å². The van der Waals surface area contributed by atoms with Crippen molar-refractivity contribution in [2.75, 3.05) is 6.61 Å². The zero-order chi connectivity index (χ0) is 9.84. The normalized spacial score (nSPS) is 10.2. The predicted molar refractivity (Wildman–Crippen MR) is 53.6 cm³/mol. The summed E-state index contributed by atoms with van der Waals surface area (Å²) in [4.78, 5) is 0. The standard InChI is InChI=1S/C9H10Cl2O2/c1-2-13-9-4-8(11)7(10)3-6(9)5-12/h3-4,12H,2,5H2,1H3. The Morgan fingerprint density at radius 1 is 1.31 bits per heavy atom. The molecule has 0 amide bonds. The molecule has 2 nitrogen and oxygen atoms in total. The van der Waals surface area contributed by atoms with Crippen molar-refractivity contribution in [1.82, 2.24) is 0 Å². The second-order valence-corrected chi connectivity index (χ2v) is 3.28. The van der Waals surface area contributed by atoms with E-state index in [1.54, 1.807) is 12.1 Å². The zero-order valence-electron chi connectivity index (χ0n) is 7.18. The molecule has 0 unspecified atom stereocenters. The highest BCUT2D eigenvalue weighted by molar-refractivity contribution is 6.42. The lowest BCUT2D eigenvalue weighted by Gasteiger charge is -2.09. The quantitative estimate of drug-likeness (QED) is 0.850. The van der Waals surface area contributed by atoms with Crippen molar-refractivity contribution in [3.05, 3.63) is 27.7 Å². The van der Waals surface area contributed by atoms with Crippen LogP contribution >= 0.6 is 23.2 Å². The largest absolute Gasteiger partial charge is 0.493 e. The van der Waals surface area contributed by atoms with Crippen molar-refractivity contribution in [3.8, 4) is 5.75 Å². The molecule has 0 atom stereocenters. The van der Waals surface area contributed by atoms with Gasteiger partial charge in [-0.15, -0.1) is 0 Å². The van der Waals surface area contributed by atoms with Crippen LogP contribution in [0, 0.1) is 0 Å². The second kappa shape index (κ2) is 4.70. The Hall–Kier alpha value is -0.440. The van der Waals surface area contributed by atoms with Gasteiger partial charge in [0.15, 0.2) is 0 Å². The first kappa shape index (κ1) is 10.6. The molecule has 4 heteroatoms. The Morgan fingerprint density at radius 2 is 1.92 bits per heavy atom. The summed E-state index contributed by atoms with van der Waals surface area (Å²) >= 11 is 11.6. The van der Waals surface area contributed by atoms with Gasteiger partial charge in [0.25, 0.3) is 0 Å². The van der Waals surface area contributed by atoms with Crippen LogP contribution in [-0.2, 0) is 6.61 Å². The van der Waals surface area contributed by atoms with Crippen LogP contribution in [0.3, 0.4) is 0 Å². The van der Waals surface area contributed by atoms with Crippen LogP contribution in [0.4, 0.5) is 0 Å². The van der Waals surface area contributed by atoms with Gasteiger partial charge in [-0.3, -0.25) is 0 Å². The van der Waals surface area contributed by atoms with E-state index in [1.807, 2.05) is 6.92 Å². The molecule has 0 heterocycles. The molecule has 0 bridgehead atoms. The van der Waals surface area contributed by atoms with Gasteiger partial charge in [0.05, 0.1) is 23.3 Å². The average Bonchev–Trinajstić information content (AvgIpc) is 2.11. The molecule has 1 aromatic rings. The smallest absolute Gasteiger partial charge is 0.126 e. The molecule has 0 aliphatic carbocycles. The fourth-order valence-corrected chi connectivity index (χ4v) is 1.32. The fourth-order valence-electron chi connectivity index (χ4n) is 0.983. The molecule has 0 spiro atoms. The highest BCUT2D eigenvalue weighted by Crippen LogP contribution is 2.30. The topological polar surface area (TPSA) is 29.5 Å². The summed E-state index contributed by atoms with van der Waals surface area (Å²) in [6.07, 6.45) is 0. The van der Waals surface area contributed by atoms with Crippen molar-refractivity contribution in [1.29, 1.82) is 0 Å². The van der Waals surface area contributed by atoms with E-state index < -0.39 is 0 Å². The average molecular weight is 221 g/mol. The van der Waals surface area contributed by atoms with Gasteiger partial charge in [-0.05, 0) is 13.0 Å². The summed E-state index contributed by atoms with van der Waals surface area (Å²) in [5.74, 6) is 0.583. The summed E-state index contributed by atoms with van der Waals surface area (Å²) in [7, 11) is 0. The molecular weight excluding hydrogens is 211 g/mol. The summed E-state index contributed by atoms with van der Waals surface area (Å²) in [5.41, 5.74) is 0.649. The Bertz CT molecular complexity index is 300. The molecule has 72 valence electrons. The Kier molecular flexibility index (Phi) is 3.85. The molecule has 0 aliphatic heterocycles. The number of rotatable bonds is 3. The Labute approximate surface area is 87.0 Å². The van der Waals surface area contributed by atoms with E-state index in [2.05, 4.69) is 0 Å². The van der Waals surface area contributed by atoms with Crippen LogP contribution in [-0.4, -0.2) is 11.7 Å². The summed E-state index contributed by atoms with van der Waals surface area (Å²) in [5, 5.41) is 9.84. The van der Waals surface area contributed by atoms with E-state index >= 15 is 0 Å². The molecule has 0 saturated carbocycles. The third-order valence-corrected chi connectivity index (χ3v) is 2.30. The molecule has 0 saturated heterocycles. The Morgan fingerprint density at radius 3 is 2.46 bits per heavy atom. The van der Waals surface area contributed by atoms with E-state index in [-0.39, 0.29) is 6.61 Å². The van der Waals surface area contributed by atoms with E-state index in [0.29, 0.717) is 28.0 Å². The number of ether oxygens (including phenoxy) is 1. The number of hydrogen-bond acceptors (Lipinski definition) is 2. The lowest BCUT2D eigenvalue weighted by Crippen LogP contribution is -1.96. The fraction of sp³-hybridized carbons (Fsp3) is 0.333. The maximum Gasteiger partial charge on any atom is 0.126 e. The van der Waals surface area contributed by atoms with Gasteiger partial charge in [-0.2, -0.15) is 0 Å². The minimum atomic E-state index is -0.105. The van der Waals surface area contributed by atoms with Crippen molar-refractivity contribution < 1.29 is 9.84 Å². The number of aliphatic hydroxyl groups is 1. The van der Waals surface area contributed by atoms with Crippen LogP contribution in [0.15, 0.2) is 12.1 Å². The monoisotopic (exact) mass is 220 g/mol. The summed E-state index contributed by atoms with van der Waals surface area (Å²) in [6.45, 7) is 2.29. The number of hydrogen-bond donors (Lipinski definition) is 1. The third kappa shape index (κ3) is 2.50. The van der Waals surface area contributed by atoms with E-state index in [4.69, 9.17) is 33.0 Å². The van der Waals surface area contributed by atoms with Gasteiger partial charge in [0.2, 0.25) is 0 Å². The lowest BCUT2D eigenvalue weighted by atomic mass is 10.2. The predicted octanol–water partition coefficient (Wildman–Crippen LogP) is 2.88. The van der Waals surface area contributed by atoms with E-state index in [1.165, 1.54) is 0 Å². The molecule has 0 aromatic heterocycles. The van der Waals surface area contributed by atoms with Crippen LogP contribution in [0.25, 0.3) is 0 Å². The van der Waals surface area contributed by atoms with Crippen LogP contribution in [0.2, 0.25) is 10.0 Å². The van der Waals surface area contributed by atoms with Crippen LogP contribution in [0.5, 0.6) is 5.75 Å².